The van der Waals surface area contributed by atoms with Crippen LogP contribution in [0.15, 0.2) is 23.8 Å². The molecule has 2 atom stereocenters. The number of hydrogen-bond donors (Lipinski definition) is 0. The van der Waals surface area contributed by atoms with Crippen LogP contribution in [0.1, 0.15) is 23.5 Å². The average Bonchev–Trinajstić information content (AvgIpc) is 2.82. The van der Waals surface area contributed by atoms with Crippen LogP contribution in [0.3, 0.4) is 0 Å². The zero-order chi connectivity index (χ0) is 16.5. The van der Waals surface area contributed by atoms with E-state index in [4.69, 9.17) is 0 Å². The Morgan fingerprint density at radius 2 is 2.08 bits per heavy atom. The summed E-state index contributed by atoms with van der Waals surface area (Å²) in [4.78, 5) is 30.3. The van der Waals surface area contributed by atoms with E-state index >= 15 is 0 Å². The summed E-state index contributed by atoms with van der Waals surface area (Å²) < 4.78 is 0. The lowest BCUT2D eigenvalue weighted by molar-refractivity contribution is -0.134. The number of thiazole rings is 1. The molecule has 0 unspecified atom stereocenters. The van der Waals surface area contributed by atoms with Crippen LogP contribution in [-0.2, 0) is 11.2 Å². The second kappa shape index (κ2) is 6.47. The number of aryl methyl sites for hydroxylation is 1. The SMILES string of the molecule is Cc1nc(CC(=O)N2C[C@H]3CC[C@@H]2CN(c2ncccn2)C3)cs1. The number of carbonyl (C=O) groups is 1. The predicted octanol–water partition coefficient (Wildman–Crippen LogP) is 1.91. The maximum atomic E-state index is 12.8. The number of piperidine rings is 1. The third-order valence-corrected chi connectivity index (χ3v) is 5.69. The van der Waals surface area contributed by atoms with Gasteiger partial charge in [0.2, 0.25) is 11.9 Å². The fourth-order valence-electron chi connectivity index (χ4n) is 3.75. The topological polar surface area (TPSA) is 62.2 Å². The van der Waals surface area contributed by atoms with Crippen molar-refractivity contribution >= 4 is 23.2 Å². The molecule has 126 valence electrons. The molecule has 24 heavy (non-hydrogen) atoms. The molecule has 7 heteroatoms. The van der Waals surface area contributed by atoms with E-state index in [-0.39, 0.29) is 11.9 Å². The summed E-state index contributed by atoms with van der Waals surface area (Å²) in [6, 6.07) is 2.08. The van der Waals surface area contributed by atoms with E-state index in [2.05, 4.69) is 24.8 Å². The van der Waals surface area contributed by atoms with Crippen LogP contribution in [0.2, 0.25) is 0 Å². The van der Waals surface area contributed by atoms with Gasteiger partial charge in [-0.15, -0.1) is 11.3 Å². The molecule has 5 rings (SSSR count). The van der Waals surface area contributed by atoms with Gasteiger partial charge in [-0.3, -0.25) is 4.79 Å². The molecule has 0 radical (unpaired) electrons. The number of carbonyl (C=O) groups excluding carboxylic acids is 1. The average molecular weight is 343 g/mol. The summed E-state index contributed by atoms with van der Waals surface area (Å²) in [5.74, 6) is 1.47. The minimum absolute atomic E-state index is 0.200. The Labute approximate surface area is 145 Å². The Morgan fingerprint density at radius 3 is 2.83 bits per heavy atom. The van der Waals surface area contributed by atoms with Crippen LogP contribution in [0, 0.1) is 12.8 Å². The molecule has 3 aliphatic heterocycles. The predicted molar refractivity (Wildman–Crippen MR) is 93.0 cm³/mol. The Bertz CT molecular complexity index is 719. The molecule has 1 amide bonds. The highest BCUT2D eigenvalue weighted by molar-refractivity contribution is 7.09. The molecule has 2 bridgehead atoms. The summed E-state index contributed by atoms with van der Waals surface area (Å²) >= 11 is 1.60. The van der Waals surface area contributed by atoms with Gasteiger partial charge >= 0.3 is 0 Å². The maximum absolute atomic E-state index is 12.8. The zero-order valence-corrected chi connectivity index (χ0v) is 14.6. The van der Waals surface area contributed by atoms with Crippen LogP contribution >= 0.6 is 11.3 Å². The molecule has 2 aromatic rings. The van der Waals surface area contributed by atoms with Gasteiger partial charge in [0.1, 0.15) is 0 Å². The lowest BCUT2D eigenvalue weighted by Gasteiger charge is -2.36. The molecule has 0 saturated carbocycles. The molecule has 3 saturated heterocycles. The van der Waals surface area contributed by atoms with Crippen molar-refractivity contribution < 1.29 is 4.79 Å². The van der Waals surface area contributed by atoms with Gasteiger partial charge in [-0.25, -0.2) is 15.0 Å². The van der Waals surface area contributed by atoms with Gasteiger partial charge in [-0.1, -0.05) is 0 Å². The van der Waals surface area contributed by atoms with Gasteiger partial charge in [-0.2, -0.15) is 0 Å². The van der Waals surface area contributed by atoms with E-state index in [1.165, 1.54) is 6.42 Å². The standard InChI is InChI=1S/C17H21N5OS/c1-12-20-14(11-24-12)7-16(23)22-9-13-3-4-15(22)10-21(8-13)17-18-5-2-6-19-17/h2,5-6,11,13,15H,3-4,7-10H2,1H3/t13-,15+/m0/s1. The minimum atomic E-state index is 0.200. The highest BCUT2D eigenvalue weighted by atomic mass is 32.1. The van der Waals surface area contributed by atoms with Gasteiger partial charge in [0, 0.05) is 43.4 Å². The summed E-state index contributed by atoms with van der Waals surface area (Å²) in [7, 11) is 0. The first kappa shape index (κ1) is 15.5. The van der Waals surface area contributed by atoms with Crippen molar-refractivity contribution in [1.82, 2.24) is 19.9 Å². The molecular weight excluding hydrogens is 322 g/mol. The minimum Gasteiger partial charge on any atom is -0.338 e. The molecule has 3 aliphatic rings. The van der Waals surface area contributed by atoms with Crippen molar-refractivity contribution in [3.05, 3.63) is 34.5 Å². The van der Waals surface area contributed by atoms with E-state index in [0.717, 1.165) is 42.7 Å². The normalized spacial score (nSPS) is 23.4. The third-order valence-electron chi connectivity index (χ3n) is 4.87. The molecule has 2 aromatic heterocycles. The first-order valence-electron chi connectivity index (χ1n) is 8.41. The van der Waals surface area contributed by atoms with Crippen molar-refractivity contribution in [3.63, 3.8) is 0 Å². The molecule has 0 N–H and O–H groups in total. The van der Waals surface area contributed by atoms with Crippen molar-refractivity contribution in [2.45, 2.75) is 32.2 Å². The Hall–Kier alpha value is -2.02. The first-order valence-corrected chi connectivity index (χ1v) is 9.29. The quantitative estimate of drug-likeness (QED) is 0.852. The maximum Gasteiger partial charge on any atom is 0.228 e. The molecule has 3 fully saturated rings. The van der Waals surface area contributed by atoms with Crippen molar-refractivity contribution in [2.24, 2.45) is 5.92 Å². The number of fused-ring (bicyclic) bond motifs is 4. The van der Waals surface area contributed by atoms with Crippen LogP contribution in [0.25, 0.3) is 0 Å². The first-order chi connectivity index (χ1) is 11.7. The van der Waals surface area contributed by atoms with E-state index in [1.54, 1.807) is 23.7 Å². The van der Waals surface area contributed by atoms with E-state index in [0.29, 0.717) is 12.3 Å². The second-order valence-corrected chi connectivity index (χ2v) is 7.69. The summed E-state index contributed by atoms with van der Waals surface area (Å²) in [5, 5.41) is 3.01. The number of anilines is 1. The lowest BCUT2D eigenvalue weighted by atomic mass is 9.94. The second-order valence-electron chi connectivity index (χ2n) is 6.63. The molecule has 0 aromatic carbocycles. The summed E-state index contributed by atoms with van der Waals surface area (Å²) in [5.41, 5.74) is 0.894. The fourth-order valence-corrected chi connectivity index (χ4v) is 4.36. The van der Waals surface area contributed by atoms with E-state index < -0.39 is 0 Å². The van der Waals surface area contributed by atoms with Gasteiger partial charge in [0.05, 0.1) is 17.1 Å². The molecular formula is C17H21N5OS. The Kier molecular flexibility index (Phi) is 4.18. The highest BCUT2D eigenvalue weighted by Gasteiger charge is 2.37. The number of rotatable bonds is 3. The third kappa shape index (κ3) is 3.13. The van der Waals surface area contributed by atoms with Crippen molar-refractivity contribution in [3.8, 4) is 0 Å². The lowest BCUT2D eigenvalue weighted by Crippen LogP contribution is -2.48. The zero-order valence-electron chi connectivity index (χ0n) is 13.8. The highest BCUT2D eigenvalue weighted by Crippen LogP contribution is 2.30. The van der Waals surface area contributed by atoms with Crippen molar-refractivity contribution in [1.29, 1.82) is 0 Å². The van der Waals surface area contributed by atoms with Gasteiger partial charge in [-0.05, 0) is 31.7 Å². The smallest absolute Gasteiger partial charge is 0.228 e. The van der Waals surface area contributed by atoms with Gasteiger partial charge in [0.25, 0.3) is 0 Å². The van der Waals surface area contributed by atoms with Crippen LogP contribution < -0.4 is 4.90 Å². The van der Waals surface area contributed by atoms with Crippen LogP contribution in [-0.4, -0.2) is 51.4 Å². The number of nitrogens with zero attached hydrogens (tertiary/aromatic N) is 5. The van der Waals surface area contributed by atoms with E-state index in [9.17, 15) is 4.79 Å². The molecule has 0 spiro atoms. The van der Waals surface area contributed by atoms with Gasteiger partial charge < -0.3 is 9.80 Å². The molecule has 5 heterocycles. The Balaban J connectivity index is 1.49. The fraction of sp³-hybridized carbons (Fsp3) is 0.529. The summed E-state index contributed by atoms with van der Waals surface area (Å²) in [6.45, 7) is 4.57. The molecule has 0 aliphatic carbocycles. The number of amides is 1. The van der Waals surface area contributed by atoms with Crippen LogP contribution in [0.4, 0.5) is 5.95 Å². The van der Waals surface area contributed by atoms with Crippen LogP contribution in [0.5, 0.6) is 0 Å². The molecule has 6 nitrogen and oxygen atoms in total. The van der Waals surface area contributed by atoms with Crippen molar-refractivity contribution in [2.75, 3.05) is 24.5 Å². The Morgan fingerprint density at radius 1 is 1.25 bits per heavy atom. The number of aromatic nitrogens is 3. The monoisotopic (exact) mass is 343 g/mol. The number of hydrogen-bond acceptors (Lipinski definition) is 6. The van der Waals surface area contributed by atoms with E-state index in [1.807, 2.05) is 18.4 Å². The largest absolute Gasteiger partial charge is 0.338 e. The van der Waals surface area contributed by atoms with Gasteiger partial charge in [0.15, 0.2) is 0 Å². The summed E-state index contributed by atoms with van der Waals surface area (Å²) in [6.07, 6.45) is 6.21.